The number of hydrogen-bond donors (Lipinski definition) is 1. The summed E-state index contributed by atoms with van der Waals surface area (Å²) in [7, 11) is 2.10. The van der Waals surface area contributed by atoms with E-state index in [1.54, 1.807) is 0 Å². The van der Waals surface area contributed by atoms with Crippen LogP contribution >= 0.6 is 11.3 Å². The van der Waals surface area contributed by atoms with Crippen molar-refractivity contribution in [2.24, 2.45) is 12.5 Å². The van der Waals surface area contributed by atoms with Gasteiger partial charge < -0.3 is 9.88 Å². The van der Waals surface area contributed by atoms with Crippen LogP contribution in [-0.4, -0.2) is 33.6 Å². The van der Waals surface area contributed by atoms with Crippen LogP contribution in [0.1, 0.15) is 30.0 Å². The Balaban J connectivity index is 1.41. The van der Waals surface area contributed by atoms with Crippen LogP contribution in [0.15, 0.2) is 42.7 Å². The Morgan fingerprint density at radius 1 is 1.27 bits per heavy atom. The number of nitrogens with zero attached hydrogens (tertiary/aromatic N) is 3. The molecule has 0 radical (unpaired) electrons. The zero-order valence-electron chi connectivity index (χ0n) is 15.3. The maximum absolute atomic E-state index is 4.60. The van der Waals surface area contributed by atoms with Gasteiger partial charge in [0.25, 0.3) is 0 Å². The zero-order valence-corrected chi connectivity index (χ0v) is 16.1. The summed E-state index contributed by atoms with van der Waals surface area (Å²) in [6, 6.07) is 11.8. The van der Waals surface area contributed by atoms with E-state index in [1.807, 2.05) is 17.5 Å². The molecule has 5 heteroatoms. The second-order valence-electron chi connectivity index (χ2n) is 7.94. The molecule has 4 nitrogen and oxygen atoms in total. The molecule has 0 amide bonds. The highest BCUT2D eigenvalue weighted by molar-refractivity contribution is 7.19. The molecule has 136 valence electrons. The van der Waals surface area contributed by atoms with Crippen molar-refractivity contribution < 1.29 is 0 Å². The minimum atomic E-state index is 0.549. The highest BCUT2D eigenvalue weighted by atomic mass is 32.1. The first-order valence-electron chi connectivity index (χ1n) is 9.62. The second kappa shape index (κ2) is 6.48. The number of aryl methyl sites for hydroxylation is 1. The van der Waals surface area contributed by atoms with Crippen LogP contribution < -0.4 is 5.32 Å². The number of imidazole rings is 1. The number of aromatic nitrogens is 2. The van der Waals surface area contributed by atoms with Crippen molar-refractivity contribution in [2.45, 2.75) is 38.4 Å². The minimum absolute atomic E-state index is 0.549. The maximum Gasteiger partial charge on any atom is 0.122 e. The van der Waals surface area contributed by atoms with Crippen LogP contribution in [0.3, 0.4) is 0 Å². The average molecular weight is 367 g/mol. The molecular formula is C21H26N4S. The Kier molecular flexibility index (Phi) is 4.11. The van der Waals surface area contributed by atoms with Crippen molar-refractivity contribution >= 4 is 21.4 Å². The molecule has 1 aliphatic carbocycles. The Morgan fingerprint density at radius 2 is 2.12 bits per heavy atom. The molecule has 1 N–H and O–H groups in total. The molecule has 1 aliphatic heterocycles. The molecule has 2 aliphatic rings. The summed E-state index contributed by atoms with van der Waals surface area (Å²) in [5.41, 5.74) is 0.549. The van der Waals surface area contributed by atoms with E-state index in [2.05, 4.69) is 63.3 Å². The van der Waals surface area contributed by atoms with Crippen LogP contribution in [0.2, 0.25) is 0 Å². The summed E-state index contributed by atoms with van der Waals surface area (Å²) < 4.78 is 3.56. The van der Waals surface area contributed by atoms with E-state index in [4.69, 9.17) is 0 Å². The van der Waals surface area contributed by atoms with Gasteiger partial charge in [-0.05, 0) is 55.3 Å². The fourth-order valence-corrected chi connectivity index (χ4v) is 5.72. The van der Waals surface area contributed by atoms with Crippen LogP contribution in [0.25, 0.3) is 10.1 Å². The van der Waals surface area contributed by atoms with Gasteiger partial charge in [-0.15, -0.1) is 11.3 Å². The summed E-state index contributed by atoms with van der Waals surface area (Å²) in [6.45, 7) is 4.33. The fraction of sp³-hybridized carbons (Fsp3) is 0.476. The molecule has 3 heterocycles. The number of fused-ring (bicyclic) bond motifs is 1. The molecule has 2 fully saturated rings. The van der Waals surface area contributed by atoms with Gasteiger partial charge in [-0.1, -0.05) is 18.2 Å². The lowest BCUT2D eigenvalue weighted by molar-refractivity contribution is 0.184. The van der Waals surface area contributed by atoms with E-state index in [9.17, 15) is 0 Å². The van der Waals surface area contributed by atoms with E-state index in [1.165, 1.54) is 53.1 Å². The molecule has 1 spiro atoms. The molecule has 1 aromatic carbocycles. The maximum atomic E-state index is 4.60. The molecule has 1 saturated carbocycles. The predicted molar refractivity (Wildman–Crippen MR) is 107 cm³/mol. The summed E-state index contributed by atoms with van der Waals surface area (Å²) in [5, 5.41) is 4.90. The lowest BCUT2D eigenvalue weighted by Crippen LogP contribution is -2.36. The van der Waals surface area contributed by atoms with E-state index < -0.39 is 0 Å². The van der Waals surface area contributed by atoms with Gasteiger partial charge in [-0.3, -0.25) is 4.90 Å². The van der Waals surface area contributed by atoms with Crippen LogP contribution in [0.4, 0.5) is 0 Å². The van der Waals surface area contributed by atoms with Crippen LogP contribution in [-0.2, 0) is 20.1 Å². The number of thiophene rings is 1. The largest absolute Gasteiger partial charge is 0.337 e. The second-order valence-corrected chi connectivity index (χ2v) is 9.11. The van der Waals surface area contributed by atoms with Crippen molar-refractivity contribution in [1.29, 1.82) is 0 Å². The molecule has 1 saturated heterocycles. The average Bonchev–Trinajstić information content (AvgIpc) is 2.99. The number of nitrogens with one attached hydrogen (secondary N) is 1. The molecular weight excluding hydrogens is 340 g/mol. The highest BCUT2D eigenvalue weighted by Crippen LogP contribution is 2.56. The standard InChI is InChI=1S/C21H26N4S/c1-24-11-10-23-20(24)15-25(19-13-21(19)6-8-22-9-7-21)14-17-12-16-4-2-3-5-18(16)26-17/h2-5,10-12,19,22H,6-9,13-15H2,1H3. The normalized spacial score (nSPS) is 21.7. The van der Waals surface area contributed by atoms with E-state index >= 15 is 0 Å². The van der Waals surface area contributed by atoms with Crippen molar-refractivity contribution in [2.75, 3.05) is 13.1 Å². The number of piperidine rings is 1. The molecule has 1 unspecified atom stereocenters. The summed E-state index contributed by atoms with van der Waals surface area (Å²) >= 11 is 1.94. The van der Waals surface area contributed by atoms with Crippen LogP contribution in [0, 0.1) is 5.41 Å². The number of benzene rings is 1. The van der Waals surface area contributed by atoms with Gasteiger partial charge in [0.05, 0.1) is 6.54 Å². The topological polar surface area (TPSA) is 33.1 Å². The quantitative estimate of drug-likeness (QED) is 0.746. The van der Waals surface area contributed by atoms with Gasteiger partial charge in [0.1, 0.15) is 5.82 Å². The Morgan fingerprint density at radius 3 is 2.88 bits per heavy atom. The molecule has 1 atom stereocenters. The molecule has 26 heavy (non-hydrogen) atoms. The Bertz CT molecular complexity index is 873. The third kappa shape index (κ3) is 2.98. The third-order valence-corrected chi connectivity index (χ3v) is 7.39. The summed E-state index contributed by atoms with van der Waals surface area (Å²) in [6.07, 6.45) is 7.96. The first-order chi connectivity index (χ1) is 12.7. The lowest BCUT2D eigenvalue weighted by Gasteiger charge is -2.29. The molecule has 2 aromatic heterocycles. The van der Waals surface area contributed by atoms with Gasteiger partial charge >= 0.3 is 0 Å². The van der Waals surface area contributed by atoms with Crippen LogP contribution in [0.5, 0.6) is 0 Å². The monoisotopic (exact) mass is 366 g/mol. The molecule has 0 bridgehead atoms. The molecule has 5 rings (SSSR count). The summed E-state index contributed by atoms with van der Waals surface area (Å²) in [5.74, 6) is 1.17. The number of rotatable bonds is 5. The first-order valence-corrected chi connectivity index (χ1v) is 10.4. The molecule has 3 aromatic rings. The van der Waals surface area contributed by atoms with Gasteiger partial charge in [-0.2, -0.15) is 0 Å². The van der Waals surface area contributed by atoms with E-state index in [0.29, 0.717) is 11.5 Å². The van der Waals surface area contributed by atoms with Gasteiger partial charge in [0, 0.05) is 41.6 Å². The SMILES string of the molecule is Cn1ccnc1CN(Cc1cc2ccccc2s1)C1CC12CCNCC2. The first kappa shape index (κ1) is 16.5. The van der Waals surface area contributed by atoms with Crippen molar-refractivity contribution in [3.63, 3.8) is 0 Å². The van der Waals surface area contributed by atoms with Gasteiger partial charge in [0.15, 0.2) is 0 Å². The Labute approximate surface area is 158 Å². The lowest BCUT2D eigenvalue weighted by atomic mass is 9.93. The predicted octanol–water partition coefficient (Wildman–Crippen LogP) is 3.78. The van der Waals surface area contributed by atoms with Crippen molar-refractivity contribution in [1.82, 2.24) is 19.8 Å². The van der Waals surface area contributed by atoms with Gasteiger partial charge in [-0.25, -0.2) is 4.98 Å². The third-order valence-electron chi connectivity index (χ3n) is 6.29. The zero-order chi connectivity index (χ0) is 17.6. The smallest absolute Gasteiger partial charge is 0.122 e. The number of hydrogen-bond acceptors (Lipinski definition) is 4. The highest BCUT2D eigenvalue weighted by Gasteiger charge is 2.56. The fourth-order valence-electron chi connectivity index (χ4n) is 4.63. The Hall–Kier alpha value is -1.69. The van der Waals surface area contributed by atoms with Gasteiger partial charge in [0.2, 0.25) is 0 Å². The van der Waals surface area contributed by atoms with E-state index in [-0.39, 0.29) is 0 Å². The van der Waals surface area contributed by atoms with Crippen molar-refractivity contribution in [3.8, 4) is 0 Å². The minimum Gasteiger partial charge on any atom is -0.337 e. The van der Waals surface area contributed by atoms with E-state index in [0.717, 1.165) is 13.1 Å². The van der Waals surface area contributed by atoms with Crippen molar-refractivity contribution in [3.05, 3.63) is 53.4 Å². The summed E-state index contributed by atoms with van der Waals surface area (Å²) in [4.78, 5) is 8.76.